The van der Waals surface area contributed by atoms with Gasteiger partial charge in [-0.3, -0.25) is 0 Å². The summed E-state index contributed by atoms with van der Waals surface area (Å²) in [4.78, 5) is 0.384. The molecule has 0 spiro atoms. The van der Waals surface area contributed by atoms with Crippen molar-refractivity contribution in [2.24, 2.45) is 0 Å². The van der Waals surface area contributed by atoms with Gasteiger partial charge in [0.2, 0.25) is 0 Å². The first kappa shape index (κ1) is 28.6. The van der Waals surface area contributed by atoms with Gasteiger partial charge in [-0.1, -0.05) is 64.8 Å². The lowest BCUT2D eigenvalue weighted by Gasteiger charge is -2.16. The van der Waals surface area contributed by atoms with Crippen LogP contribution in [-0.2, 0) is 16.3 Å². The predicted molar refractivity (Wildman–Crippen MR) is 148 cm³/mol. The molecule has 35 heavy (non-hydrogen) atoms. The lowest BCUT2D eigenvalue weighted by molar-refractivity contribution is 0.564. The van der Waals surface area contributed by atoms with Gasteiger partial charge in [-0.25, -0.2) is 8.42 Å². The Hall–Kier alpha value is -2.59. The van der Waals surface area contributed by atoms with E-state index in [1.54, 1.807) is 36.8 Å². The molecule has 0 aliphatic heterocycles. The second-order valence-corrected chi connectivity index (χ2v) is 11.9. The van der Waals surface area contributed by atoms with Gasteiger partial charge in [-0.05, 0) is 103 Å². The van der Waals surface area contributed by atoms with E-state index in [0.29, 0.717) is 11.3 Å². The molecule has 190 valence electrons. The van der Waals surface area contributed by atoms with Gasteiger partial charge in [0.15, 0.2) is 9.84 Å². The Morgan fingerprint density at radius 1 is 0.829 bits per heavy atom. The van der Waals surface area contributed by atoms with Gasteiger partial charge in [0.05, 0.1) is 22.7 Å². The van der Waals surface area contributed by atoms with Crippen molar-refractivity contribution in [1.29, 1.82) is 0 Å². The molecule has 2 rings (SSSR count). The number of aryl methyl sites for hydroxylation is 1. The molecule has 0 bridgehead atoms. The second kappa shape index (κ2) is 14.7. The Balaban J connectivity index is 2.10. The van der Waals surface area contributed by atoms with Gasteiger partial charge in [0.1, 0.15) is 0 Å². The van der Waals surface area contributed by atoms with E-state index in [0.717, 1.165) is 55.2 Å². The molecule has 2 aromatic rings. The molecule has 1 atom stereocenters. The minimum Gasteiger partial charge on any atom is -0.472 e. The molecular formula is C31H42O3S. The second-order valence-electron chi connectivity index (χ2n) is 9.74. The van der Waals surface area contributed by atoms with E-state index >= 15 is 0 Å². The van der Waals surface area contributed by atoms with E-state index in [2.05, 4.69) is 45.9 Å². The third kappa shape index (κ3) is 10.7. The zero-order valence-corrected chi connectivity index (χ0v) is 22.9. The van der Waals surface area contributed by atoms with Crippen molar-refractivity contribution < 1.29 is 12.8 Å². The molecule has 1 aromatic carbocycles. The fourth-order valence-corrected chi connectivity index (χ4v) is 5.78. The zero-order valence-electron chi connectivity index (χ0n) is 22.1. The molecule has 0 amide bonds. The van der Waals surface area contributed by atoms with Crippen LogP contribution in [0.5, 0.6) is 0 Å². The maximum atomic E-state index is 13.5. The topological polar surface area (TPSA) is 47.3 Å². The van der Waals surface area contributed by atoms with Crippen LogP contribution in [0.1, 0.15) is 78.7 Å². The van der Waals surface area contributed by atoms with E-state index in [9.17, 15) is 8.42 Å². The van der Waals surface area contributed by atoms with Crippen molar-refractivity contribution in [2.75, 3.05) is 0 Å². The molecule has 1 unspecified atom stereocenters. The van der Waals surface area contributed by atoms with Crippen LogP contribution in [0.15, 0.2) is 105 Å². The van der Waals surface area contributed by atoms with Crippen molar-refractivity contribution in [3.8, 4) is 0 Å². The van der Waals surface area contributed by atoms with Gasteiger partial charge in [-0.2, -0.15) is 0 Å². The maximum Gasteiger partial charge on any atom is 0.185 e. The van der Waals surface area contributed by atoms with Crippen LogP contribution in [0, 0.1) is 0 Å². The van der Waals surface area contributed by atoms with Crippen LogP contribution in [0.4, 0.5) is 0 Å². The average Bonchev–Trinajstić information content (AvgIpc) is 3.32. The number of hydrogen-bond donors (Lipinski definition) is 0. The molecule has 0 aliphatic rings. The molecule has 0 fully saturated rings. The fourth-order valence-electron chi connectivity index (χ4n) is 4.00. The molecule has 3 nitrogen and oxygen atoms in total. The van der Waals surface area contributed by atoms with E-state index in [-0.39, 0.29) is 0 Å². The molecule has 1 heterocycles. The van der Waals surface area contributed by atoms with Crippen LogP contribution >= 0.6 is 0 Å². The third-order valence-electron chi connectivity index (χ3n) is 6.09. The average molecular weight is 495 g/mol. The molecule has 0 radical (unpaired) electrons. The minimum atomic E-state index is -3.48. The lowest BCUT2D eigenvalue weighted by Crippen LogP contribution is -2.20. The summed E-state index contributed by atoms with van der Waals surface area (Å²) in [6.07, 6.45) is 18.3. The smallest absolute Gasteiger partial charge is 0.185 e. The summed E-state index contributed by atoms with van der Waals surface area (Å²) in [5.41, 5.74) is 6.11. The quantitative estimate of drug-likeness (QED) is 0.246. The van der Waals surface area contributed by atoms with Crippen molar-refractivity contribution in [3.63, 3.8) is 0 Å². The first-order valence-corrected chi connectivity index (χ1v) is 14.1. The van der Waals surface area contributed by atoms with Crippen molar-refractivity contribution >= 4 is 9.84 Å². The van der Waals surface area contributed by atoms with Gasteiger partial charge in [0.25, 0.3) is 0 Å². The van der Waals surface area contributed by atoms with Crippen LogP contribution < -0.4 is 0 Å². The van der Waals surface area contributed by atoms with Crippen LogP contribution in [0.2, 0.25) is 0 Å². The summed E-state index contributed by atoms with van der Waals surface area (Å²) in [7, 11) is -3.48. The number of benzene rings is 1. The summed E-state index contributed by atoms with van der Waals surface area (Å²) >= 11 is 0. The number of hydrogen-bond acceptors (Lipinski definition) is 3. The highest BCUT2D eigenvalue weighted by Gasteiger charge is 2.25. The number of rotatable bonds is 14. The Labute approximate surface area is 213 Å². The van der Waals surface area contributed by atoms with E-state index in [1.807, 2.05) is 25.1 Å². The van der Waals surface area contributed by atoms with Crippen molar-refractivity contribution in [1.82, 2.24) is 0 Å². The van der Waals surface area contributed by atoms with E-state index in [4.69, 9.17) is 4.42 Å². The van der Waals surface area contributed by atoms with Crippen LogP contribution in [-0.4, -0.2) is 13.7 Å². The van der Waals surface area contributed by atoms with E-state index in [1.165, 1.54) is 11.1 Å². The summed E-state index contributed by atoms with van der Waals surface area (Å²) in [5.74, 6) is 0. The molecule has 0 aliphatic carbocycles. The number of furan rings is 1. The largest absolute Gasteiger partial charge is 0.472 e. The summed E-state index contributed by atoms with van der Waals surface area (Å²) in [5, 5.41) is -0.571. The lowest BCUT2D eigenvalue weighted by atomic mass is 10.0. The first-order valence-electron chi connectivity index (χ1n) is 12.6. The van der Waals surface area contributed by atoms with Crippen LogP contribution in [0.25, 0.3) is 0 Å². The summed E-state index contributed by atoms with van der Waals surface area (Å²) in [6, 6.07) is 10.8. The van der Waals surface area contributed by atoms with Crippen molar-refractivity contribution in [3.05, 3.63) is 101 Å². The van der Waals surface area contributed by atoms with Gasteiger partial charge in [-0.15, -0.1) is 0 Å². The normalized spacial score (nSPS) is 14.1. The Morgan fingerprint density at radius 3 is 2.14 bits per heavy atom. The van der Waals surface area contributed by atoms with Gasteiger partial charge in [0, 0.05) is 0 Å². The molecule has 1 aromatic heterocycles. The highest BCUT2D eigenvalue weighted by atomic mass is 32.2. The SMILES string of the molecule is CC(C)=CCC/C(C)=C/CC/C(C)=C/C(C/C(C)=C/CCc1ccoc1)S(=O)(=O)c1ccccc1. The summed E-state index contributed by atoms with van der Waals surface area (Å²) in [6.45, 7) is 10.5. The van der Waals surface area contributed by atoms with Crippen LogP contribution in [0.3, 0.4) is 0 Å². The highest BCUT2D eigenvalue weighted by Crippen LogP contribution is 2.25. The zero-order chi connectivity index (χ0) is 25.7. The van der Waals surface area contributed by atoms with Gasteiger partial charge >= 0.3 is 0 Å². The molecule has 4 heteroatoms. The first-order chi connectivity index (χ1) is 16.7. The Morgan fingerprint density at radius 2 is 1.49 bits per heavy atom. The highest BCUT2D eigenvalue weighted by molar-refractivity contribution is 7.92. The predicted octanol–water partition coefficient (Wildman–Crippen LogP) is 8.81. The number of sulfone groups is 1. The summed E-state index contributed by atoms with van der Waals surface area (Å²) < 4.78 is 32.2. The molecule has 0 saturated carbocycles. The molecule has 0 N–H and O–H groups in total. The fraction of sp³-hybridized carbons (Fsp3) is 0.419. The Bertz CT molecular complexity index is 1110. The van der Waals surface area contributed by atoms with Crippen molar-refractivity contribution in [2.45, 2.75) is 89.7 Å². The maximum absolute atomic E-state index is 13.5. The minimum absolute atomic E-state index is 0.384. The number of allylic oxidation sites excluding steroid dienone is 7. The molecule has 0 saturated heterocycles. The van der Waals surface area contributed by atoms with Gasteiger partial charge < -0.3 is 4.42 Å². The third-order valence-corrected chi connectivity index (χ3v) is 8.12. The molecular weight excluding hydrogens is 452 g/mol. The standard InChI is InChI=1S/C31H42O3S/c1-25(2)12-9-13-26(3)14-10-15-27(4)22-31(35(32,33)30-18-7-6-8-19-30)23-28(5)16-11-17-29-20-21-34-24-29/h6-8,12,14,16,18-22,24,31H,9-11,13,15,17,23H2,1-5H3/b26-14+,27-22+,28-16+. The van der Waals surface area contributed by atoms with E-state index < -0.39 is 15.1 Å². The Kier molecular flexibility index (Phi) is 12.1. The monoisotopic (exact) mass is 494 g/mol.